The van der Waals surface area contributed by atoms with Crippen LogP contribution in [0.4, 0.5) is 11.6 Å². The number of anilines is 2. The first-order chi connectivity index (χ1) is 11.7. The summed E-state index contributed by atoms with van der Waals surface area (Å²) >= 11 is 0. The minimum Gasteiger partial charge on any atom is -0.354 e. The second-order valence-corrected chi connectivity index (χ2v) is 7.18. The second-order valence-electron chi connectivity index (χ2n) is 5.62. The van der Waals surface area contributed by atoms with E-state index in [-0.39, 0.29) is 10.8 Å². The summed E-state index contributed by atoms with van der Waals surface area (Å²) < 4.78 is 22.3. The molecular weight excluding hydrogens is 342 g/mol. The third-order valence-corrected chi connectivity index (χ3v) is 4.24. The normalized spacial score (nSPS) is 11.2. The fourth-order valence-corrected chi connectivity index (χ4v) is 2.72. The van der Waals surface area contributed by atoms with Crippen LogP contribution in [0.5, 0.6) is 0 Å². The fraction of sp³-hybridized carbons (Fsp3) is 0.312. The van der Waals surface area contributed by atoms with Crippen molar-refractivity contribution in [1.82, 2.24) is 9.97 Å². The summed E-state index contributed by atoms with van der Waals surface area (Å²) in [5.74, 6) is 0.392. The van der Waals surface area contributed by atoms with Gasteiger partial charge in [-0.15, -0.1) is 0 Å². The van der Waals surface area contributed by atoms with Gasteiger partial charge in [0.15, 0.2) is 0 Å². The lowest BCUT2D eigenvalue weighted by Gasteiger charge is -2.08. The van der Waals surface area contributed by atoms with Gasteiger partial charge in [-0.2, -0.15) is 0 Å². The molecule has 1 heterocycles. The zero-order valence-corrected chi connectivity index (χ0v) is 14.9. The minimum absolute atomic E-state index is 0.00291. The van der Waals surface area contributed by atoms with Crippen molar-refractivity contribution in [2.24, 2.45) is 5.14 Å². The van der Waals surface area contributed by atoms with Gasteiger partial charge in [-0.05, 0) is 50.6 Å². The van der Waals surface area contributed by atoms with Gasteiger partial charge in [0.25, 0.3) is 0 Å². The van der Waals surface area contributed by atoms with Crippen LogP contribution in [0.2, 0.25) is 0 Å². The number of rotatable bonds is 7. The summed E-state index contributed by atoms with van der Waals surface area (Å²) in [7, 11) is -3.73. The second kappa shape index (κ2) is 8.04. The monoisotopic (exact) mass is 363 g/mol. The molecule has 0 fully saturated rings. The smallest absolute Gasteiger partial charge is 0.238 e. The van der Waals surface area contributed by atoms with Gasteiger partial charge in [0, 0.05) is 30.0 Å². The van der Waals surface area contributed by atoms with Gasteiger partial charge in [-0.25, -0.2) is 23.5 Å². The Morgan fingerprint density at radius 1 is 1.12 bits per heavy atom. The van der Waals surface area contributed by atoms with Crippen molar-refractivity contribution in [2.75, 3.05) is 17.2 Å². The Bertz CT molecular complexity index is 830. The van der Waals surface area contributed by atoms with Gasteiger partial charge < -0.3 is 10.6 Å². The molecule has 0 unspecified atom stereocenters. The van der Waals surface area contributed by atoms with Crippen molar-refractivity contribution >= 4 is 27.6 Å². The number of nitrogens with zero attached hydrogens (tertiary/aromatic N) is 2. The Hall–Kier alpha value is -2.52. The lowest BCUT2D eigenvalue weighted by atomic mass is 10.2. The SMILES string of the molecule is Cc1cc(C)nc(NCCCC(=O)Nc2ccc(S(N)(=O)=O)cc2)n1. The van der Waals surface area contributed by atoms with E-state index in [1.807, 2.05) is 19.9 Å². The zero-order valence-electron chi connectivity index (χ0n) is 14.1. The molecule has 0 radical (unpaired) electrons. The van der Waals surface area contributed by atoms with Crippen molar-refractivity contribution in [3.05, 3.63) is 41.7 Å². The van der Waals surface area contributed by atoms with E-state index in [0.29, 0.717) is 31.0 Å². The molecule has 0 aliphatic heterocycles. The van der Waals surface area contributed by atoms with E-state index in [4.69, 9.17) is 5.14 Å². The molecule has 0 aliphatic rings. The molecule has 0 bridgehead atoms. The Morgan fingerprint density at radius 3 is 2.28 bits per heavy atom. The molecule has 1 aromatic heterocycles. The minimum atomic E-state index is -3.73. The molecule has 8 nitrogen and oxygen atoms in total. The van der Waals surface area contributed by atoms with Crippen molar-refractivity contribution in [1.29, 1.82) is 0 Å². The third kappa shape index (κ3) is 6.12. The Kier molecular flexibility index (Phi) is 6.05. The predicted octanol–water partition coefficient (Wildman–Crippen LogP) is 1.57. The summed E-state index contributed by atoms with van der Waals surface area (Å²) in [5.41, 5.74) is 2.29. The Morgan fingerprint density at radius 2 is 1.72 bits per heavy atom. The lowest BCUT2D eigenvalue weighted by molar-refractivity contribution is -0.116. The average Bonchev–Trinajstić information content (AvgIpc) is 2.50. The summed E-state index contributed by atoms with van der Waals surface area (Å²) in [6.45, 7) is 4.36. The largest absolute Gasteiger partial charge is 0.354 e. The van der Waals surface area contributed by atoms with Crippen LogP contribution in [0.3, 0.4) is 0 Å². The van der Waals surface area contributed by atoms with Crippen molar-refractivity contribution in [3.8, 4) is 0 Å². The highest BCUT2D eigenvalue weighted by molar-refractivity contribution is 7.89. The molecule has 134 valence electrons. The number of hydrogen-bond acceptors (Lipinski definition) is 6. The van der Waals surface area contributed by atoms with E-state index >= 15 is 0 Å². The molecule has 1 aromatic carbocycles. The van der Waals surface area contributed by atoms with Crippen LogP contribution in [-0.4, -0.2) is 30.8 Å². The van der Waals surface area contributed by atoms with Gasteiger partial charge in [0.2, 0.25) is 21.9 Å². The number of aromatic nitrogens is 2. The van der Waals surface area contributed by atoms with Crippen molar-refractivity contribution < 1.29 is 13.2 Å². The van der Waals surface area contributed by atoms with Crippen LogP contribution in [0, 0.1) is 13.8 Å². The van der Waals surface area contributed by atoms with E-state index in [9.17, 15) is 13.2 Å². The molecule has 25 heavy (non-hydrogen) atoms. The summed E-state index contributed by atoms with van der Waals surface area (Å²) in [6, 6.07) is 7.59. The molecule has 0 aliphatic carbocycles. The number of hydrogen-bond donors (Lipinski definition) is 3. The number of carbonyl (C=O) groups excluding carboxylic acids is 1. The molecule has 4 N–H and O–H groups in total. The standard InChI is InChI=1S/C16H21N5O3S/c1-11-10-12(2)20-16(19-11)18-9-3-4-15(22)21-13-5-7-14(8-6-13)25(17,23)24/h5-8,10H,3-4,9H2,1-2H3,(H,21,22)(H2,17,23,24)(H,18,19,20). The Labute approximate surface area is 146 Å². The number of nitrogens with two attached hydrogens (primary N) is 1. The molecular formula is C16H21N5O3S. The molecule has 2 aromatic rings. The number of amides is 1. The van der Waals surface area contributed by atoms with Crippen molar-refractivity contribution in [2.45, 2.75) is 31.6 Å². The van der Waals surface area contributed by atoms with E-state index in [2.05, 4.69) is 20.6 Å². The van der Waals surface area contributed by atoms with Gasteiger partial charge in [-0.3, -0.25) is 4.79 Å². The van der Waals surface area contributed by atoms with Crippen LogP contribution in [-0.2, 0) is 14.8 Å². The first kappa shape index (κ1) is 18.8. The molecule has 0 spiro atoms. The topological polar surface area (TPSA) is 127 Å². The highest BCUT2D eigenvalue weighted by Crippen LogP contribution is 2.13. The van der Waals surface area contributed by atoms with Gasteiger partial charge in [0.05, 0.1) is 4.90 Å². The number of aryl methyl sites for hydroxylation is 2. The maximum absolute atomic E-state index is 11.9. The van der Waals surface area contributed by atoms with Crippen LogP contribution < -0.4 is 15.8 Å². The van der Waals surface area contributed by atoms with Crippen LogP contribution >= 0.6 is 0 Å². The fourth-order valence-electron chi connectivity index (χ4n) is 2.21. The van der Waals surface area contributed by atoms with E-state index in [1.165, 1.54) is 24.3 Å². The molecule has 1 amide bonds. The van der Waals surface area contributed by atoms with E-state index < -0.39 is 10.0 Å². The van der Waals surface area contributed by atoms with Crippen molar-refractivity contribution in [3.63, 3.8) is 0 Å². The third-order valence-electron chi connectivity index (χ3n) is 3.31. The molecule has 9 heteroatoms. The number of benzene rings is 1. The van der Waals surface area contributed by atoms with Gasteiger partial charge >= 0.3 is 0 Å². The Balaban J connectivity index is 1.77. The number of primary sulfonamides is 1. The highest BCUT2D eigenvalue weighted by atomic mass is 32.2. The maximum atomic E-state index is 11.9. The van der Waals surface area contributed by atoms with Crippen LogP contribution in [0.25, 0.3) is 0 Å². The predicted molar refractivity (Wildman–Crippen MR) is 95.7 cm³/mol. The summed E-state index contributed by atoms with van der Waals surface area (Å²) in [5, 5.41) is 10.8. The highest BCUT2D eigenvalue weighted by Gasteiger charge is 2.08. The first-order valence-electron chi connectivity index (χ1n) is 7.73. The maximum Gasteiger partial charge on any atom is 0.238 e. The molecule has 2 rings (SSSR count). The number of carbonyl (C=O) groups is 1. The molecule has 0 atom stereocenters. The number of nitrogens with one attached hydrogen (secondary N) is 2. The van der Waals surface area contributed by atoms with Gasteiger partial charge in [-0.1, -0.05) is 0 Å². The lowest BCUT2D eigenvalue weighted by Crippen LogP contribution is -2.15. The number of sulfonamides is 1. The van der Waals surface area contributed by atoms with Crippen LogP contribution in [0.1, 0.15) is 24.2 Å². The zero-order chi connectivity index (χ0) is 18.4. The van der Waals surface area contributed by atoms with Crippen LogP contribution in [0.15, 0.2) is 35.2 Å². The summed E-state index contributed by atoms with van der Waals surface area (Å²) in [4.78, 5) is 20.4. The van der Waals surface area contributed by atoms with E-state index in [1.54, 1.807) is 0 Å². The average molecular weight is 363 g/mol. The quantitative estimate of drug-likeness (QED) is 0.641. The first-order valence-corrected chi connectivity index (χ1v) is 9.27. The summed E-state index contributed by atoms with van der Waals surface area (Å²) in [6.07, 6.45) is 0.923. The van der Waals surface area contributed by atoms with E-state index in [0.717, 1.165) is 11.4 Å². The van der Waals surface area contributed by atoms with Gasteiger partial charge in [0.1, 0.15) is 0 Å². The molecule has 0 saturated carbocycles. The molecule has 0 saturated heterocycles.